The Morgan fingerprint density at radius 2 is 2.04 bits per heavy atom. The van der Waals surface area contributed by atoms with Gasteiger partial charge in [-0.2, -0.15) is 0 Å². The van der Waals surface area contributed by atoms with E-state index in [0.29, 0.717) is 18.7 Å². The molecular formula is C18H20N2O5S2. The number of ether oxygens (including phenoxy) is 1. The number of esters is 1. The predicted molar refractivity (Wildman–Crippen MR) is 101 cm³/mol. The molecule has 144 valence electrons. The number of amides is 1. The number of aryl methyl sites for hydroxylation is 1. The van der Waals surface area contributed by atoms with E-state index in [0.717, 1.165) is 12.0 Å². The third kappa shape index (κ3) is 4.20. The zero-order valence-corrected chi connectivity index (χ0v) is 16.6. The van der Waals surface area contributed by atoms with E-state index in [9.17, 15) is 18.0 Å². The molecule has 0 aliphatic carbocycles. The Morgan fingerprint density at radius 1 is 1.30 bits per heavy atom. The molecule has 2 aromatic rings. The first-order valence-electron chi connectivity index (χ1n) is 8.35. The number of nitrogens with zero attached hydrogens (tertiary/aromatic N) is 1. The summed E-state index contributed by atoms with van der Waals surface area (Å²) in [6.45, 7) is 4.17. The maximum atomic E-state index is 12.6. The van der Waals surface area contributed by atoms with Crippen molar-refractivity contribution in [2.24, 2.45) is 5.14 Å². The minimum atomic E-state index is -3.96. The van der Waals surface area contributed by atoms with E-state index >= 15 is 0 Å². The molecule has 1 amide bonds. The van der Waals surface area contributed by atoms with E-state index in [4.69, 9.17) is 9.88 Å². The Balaban J connectivity index is 1.70. The van der Waals surface area contributed by atoms with Gasteiger partial charge in [0, 0.05) is 18.0 Å². The summed E-state index contributed by atoms with van der Waals surface area (Å²) in [5, 5.41) is 7.17. The van der Waals surface area contributed by atoms with Gasteiger partial charge >= 0.3 is 5.97 Å². The van der Waals surface area contributed by atoms with Crippen LogP contribution in [0.1, 0.15) is 33.3 Å². The standard InChI is InChI=1S/C18H20N2O5S2/c1-11-3-4-13(9-16(11)27(19,23)24)18(22)25-12(2)17(21)20-7-5-15-14(10-20)6-8-26-15/h3-4,6,8-9,12H,5,7,10H2,1-2H3,(H2,19,23,24). The number of nitrogens with two attached hydrogens (primary N) is 1. The number of carbonyl (C=O) groups excluding carboxylic acids is 2. The third-order valence-corrected chi connectivity index (χ3v) is 6.56. The summed E-state index contributed by atoms with van der Waals surface area (Å²) in [4.78, 5) is 27.8. The van der Waals surface area contributed by atoms with Gasteiger partial charge in [0.2, 0.25) is 10.0 Å². The van der Waals surface area contributed by atoms with Gasteiger partial charge in [-0.05, 0) is 55.0 Å². The average Bonchev–Trinajstić information content (AvgIpc) is 3.07. The van der Waals surface area contributed by atoms with Gasteiger partial charge in [0.15, 0.2) is 6.10 Å². The van der Waals surface area contributed by atoms with E-state index in [1.54, 1.807) is 23.2 Å². The topological polar surface area (TPSA) is 107 Å². The van der Waals surface area contributed by atoms with E-state index in [1.165, 1.54) is 30.0 Å². The van der Waals surface area contributed by atoms with Crippen molar-refractivity contribution in [3.8, 4) is 0 Å². The van der Waals surface area contributed by atoms with E-state index < -0.39 is 22.1 Å². The zero-order chi connectivity index (χ0) is 19.8. The molecule has 0 saturated carbocycles. The summed E-state index contributed by atoms with van der Waals surface area (Å²) in [5.41, 5.74) is 1.58. The number of rotatable bonds is 4. The highest BCUT2D eigenvalue weighted by molar-refractivity contribution is 7.89. The summed E-state index contributed by atoms with van der Waals surface area (Å²) < 4.78 is 28.5. The minimum Gasteiger partial charge on any atom is -0.449 e. The van der Waals surface area contributed by atoms with Gasteiger partial charge in [-0.15, -0.1) is 11.3 Å². The number of hydrogen-bond acceptors (Lipinski definition) is 6. The molecule has 1 aliphatic heterocycles. The summed E-state index contributed by atoms with van der Waals surface area (Å²) >= 11 is 1.68. The molecule has 0 fully saturated rings. The maximum Gasteiger partial charge on any atom is 0.338 e. The van der Waals surface area contributed by atoms with Gasteiger partial charge < -0.3 is 9.64 Å². The molecule has 3 rings (SSSR count). The van der Waals surface area contributed by atoms with Crippen molar-refractivity contribution in [3.05, 3.63) is 51.2 Å². The van der Waals surface area contributed by atoms with Crippen molar-refractivity contribution in [1.29, 1.82) is 0 Å². The van der Waals surface area contributed by atoms with Crippen LogP contribution in [0.5, 0.6) is 0 Å². The lowest BCUT2D eigenvalue weighted by atomic mass is 10.1. The lowest BCUT2D eigenvalue weighted by molar-refractivity contribution is -0.140. The van der Waals surface area contributed by atoms with Crippen molar-refractivity contribution < 1.29 is 22.7 Å². The van der Waals surface area contributed by atoms with Crippen LogP contribution in [0.3, 0.4) is 0 Å². The van der Waals surface area contributed by atoms with Crippen molar-refractivity contribution >= 4 is 33.2 Å². The maximum absolute atomic E-state index is 12.6. The molecule has 0 radical (unpaired) electrons. The number of hydrogen-bond donors (Lipinski definition) is 1. The van der Waals surface area contributed by atoms with Crippen LogP contribution in [0.25, 0.3) is 0 Å². The molecule has 1 aliphatic rings. The molecule has 2 heterocycles. The fourth-order valence-electron chi connectivity index (χ4n) is 3.01. The molecule has 1 aromatic carbocycles. The number of benzene rings is 1. The SMILES string of the molecule is Cc1ccc(C(=O)OC(C)C(=O)N2CCc3sccc3C2)cc1S(N)(=O)=O. The van der Waals surface area contributed by atoms with Crippen LogP contribution in [0.15, 0.2) is 34.5 Å². The third-order valence-electron chi connectivity index (χ3n) is 4.48. The number of thiophene rings is 1. The highest BCUT2D eigenvalue weighted by Gasteiger charge is 2.28. The Hall–Kier alpha value is -2.23. The van der Waals surface area contributed by atoms with Crippen molar-refractivity contribution in [2.45, 2.75) is 37.8 Å². The van der Waals surface area contributed by atoms with Crippen molar-refractivity contribution in [1.82, 2.24) is 4.90 Å². The number of fused-ring (bicyclic) bond motifs is 1. The quantitative estimate of drug-likeness (QED) is 0.777. The van der Waals surface area contributed by atoms with Crippen molar-refractivity contribution in [2.75, 3.05) is 6.54 Å². The summed E-state index contributed by atoms with van der Waals surface area (Å²) in [5.74, 6) is -1.05. The first kappa shape index (κ1) is 19.5. The van der Waals surface area contributed by atoms with Crippen LogP contribution in [0.2, 0.25) is 0 Å². The Bertz CT molecular complexity index is 997. The van der Waals surface area contributed by atoms with Gasteiger partial charge in [-0.3, -0.25) is 4.79 Å². The Morgan fingerprint density at radius 3 is 2.74 bits per heavy atom. The van der Waals surface area contributed by atoms with Crippen LogP contribution in [0.4, 0.5) is 0 Å². The van der Waals surface area contributed by atoms with Gasteiger partial charge in [0.05, 0.1) is 10.5 Å². The van der Waals surface area contributed by atoms with Crippen LogP contribution in [-0.4, -0.2) is 37.8 Å². The van der Waals surface area contributed by atoms with E-state index in [-0.39, 0.29) is 16.4 Å². The fraction of sp³-hybridized carbons (Fsp3) is 0.333. The fourth-order valence-corrected chi connectivity index (χ4v) is 4.70. The molecule has 1 atom stereocenters. The van der Waals surface area contributed by atoms with E-state index in [2.05, 4.69) is 0 Å². The highest BCUT2D eigenvalue weighted by Crippen LogP contribution is 2.25. The van der Waals surface area contributed by atoms with Crippen LogP contribution < -0.4 is 5.14 Å². The van der Waals surface area contributed by atoms with Gasteiger partial charge in [-0.1, -0.05) is 6.07 Å². The summed E-state index contributed by atoms with van der Waals surface area (Å²) in [7, 11) is -3.96. The molecule has 1 aromatic heterocycles. The monoisotopic (exact) mass is 408 g/mol. The molecule has 1 unspecified atom stereocenters. The Kier molecular flexibility index (Phi) is 5.36. The van der Waals surface area contributed by atoms with Gasteiger partial charge in [-0.25, -0.2) is 18.4 Å². The molecule has 7 nitrogen and oxygen atoms in total. The van der Waals surface area contributed by atoms with E-state index in [1.807, 2.05) is 11.4 Å². The van der Waals surface area contributed by atoms with Gasteiger partial charge in [0.25, 0.3) is 5.91 Å². The van der Waals surface area contributed by atoms with Crippen LogP contribution >= 0.6 is 11.3 Å². The first-order valence-corrected chi connectivity index (χ1v) is 10.8. The summed E-state index contributed by atoms with van der Waals surface area (Å²) in [6, 6.07) is 6.09. The van der Waals surface area contributed by atoms with Crippen LogP contribution in [0, 0.1) is 6.92 Å². The predicted octanol–water partition coefficient (Wildman–Crippen LogP) is 1.83. The molecule has 27 heavy (non-hydrogen) atoms. The largest absolute Gasteiger partial charge is 0.449 e. The second kappa shape index (κ2) is 7.41. The number of carbonyl (C=O) groups is 2. The second-order valence-corrected chi connectivity index (χ2v) is 8.98. The second-order valence-electron chi connectivity index (χ2n) is 6.45. The molecule has 0 saturated heterocycles. The first-order chi connectivity index (χ1) is 12.7. The van der Waals surface area contributed by atoms with Crippen molar-refractivity contribution in [3.63, 3.8) is 0 Å². The normalized spacial score (nSPS) is 15.1. The lowest BCUT2D eigenvalue weighted by Gasteiger charge is -2.29. The average molecular weight is 409 g/mol. The number of sulfonamides is 1. The molecular weight excluding hydrogens is 388 g/mol. The number of primary sulfonamides is 1. The molecule has 9 heteroatoms. The lowest BCUT2D eigenvalue weighted by Crippen LogP contribution is -2.42. The zero-order valence-electron chi connectivity index (χ0n) is 15.0. The highest BCUT2D eigenvalue weighted by atomic mass is 32.2. The molecule has 0 spiro atoms. The molecule has 0 bridgehead atoms. The summed E-state index contributed by atoms with van der Waals surface area (Å²) in [6.07, 6.45) is -0.188. The smallest absolute Gasteiger partial charge is 0.338 e. The van der Waals surface area contributed by atoms with Crippen LogP contribution in [-0.2, 0) is 32.5 Å². The Labute approximate surface area is 161 Å². The van der Waals surface area contributed by atoms with Gasteiger partial charge in [0.1, 0.15) is 0 Å². The molecule has 2 N–H and O–H groups in total. The minimum absolute atomic E-state index is 0.0306.